The molecule has 10 aliphatic rings. The third-order valence-electron chi connectivity index (χ3n) is 16.3. The molecule has 3 N–H and O–H groups in total. The first kappa shape index (κ1) is 17.3. The fourth-order valence-electron chi connectivity index (χ4n) is 18.7. The minimum absolute atomic E-state index is 0. The predicted molar refractivity (Wildman–Crippen MR) is 104 cm³/mol. The molecule has 4 nitrogen and oxygen atoms in total. The molecule has 10 rings (SSSR count). The van der Waals surface area contributed by atoms with Gasteiger partial charge in [0.05, 0.1) is 0 Å². The molecule has 0 saturated carbocycles. The zero-order valence-electron chi connectivity index (χ0n) is 15.7. The molecule has 0 aromatic rings. The van der Waals surface area contributed by atoms with Crippen molar-refractivity contribution >= 4 is 67.1 Å². The van der Waals surface area contributed by atoms with E-state index in [2.05, 4.69) is 41.5 Å². The van der Waals surface area contributed by atoms with Crippen molar-refractivity contribution < 1.29 is 25.8 Å². The van der Waals surface area contributed by atoms with Crippen molar-refractivity contribution in [3.63, 3.8) is 0 Å². The molecule has 10 aliphatic heterocycles. The van der Waals surface area contributed by atoms with E-state index >= 15 is 0 Å². The van der Waals surface area contributed by atoms with Crippen LogP contribution in [0.15, 0.2) is 0 Å². The van der Waals surface area contributed by atoms with Gasteiger partial charge < -0.3 is 14.7 Å². The molecule has 10 heterocycles. The molecular formula is C18H31FeKO4P2. The normalized spacial score (nSPS) is 83.2. The van der Waals surface area contributed by atoms with Crippen LogP contribution in [0.5, 0.6) is 0 Å². The number of hydrogen-bond donors (Lipinski definition) is 3. The van der Waals surface area contributed by atoms with Crippen molar-refractivity contribution in [1.82, 2.24) is 0 Å². The zero-order valence-corrected chi connectivity index (χ0v) is 18.6. The molecule has 0 aromatic heterocycles. The zero-order chi connectivity index (χ0) is 18.1. The Morgan fingerprint density at radius 2 is 1.04 bits per heavy atom. The van der Waals surface area contributed by atoms with Crippen molar-refractivity contribution in [2.75, 3.05) is 0 Å². The summed E-state index contributed by atoms with van der Waals surface area (Å²) in [6.07, 6.45) is 0. The first-order valence-electron chi connectivity index (χ1n) is 9.71. The van der Waals surface area contributed by atoms with Crippen LogP contribution in [0.2, 0.25) is 43.3 Å². The number of fused-ring (bicyclic) bond motifs is 10. The second-order valence-corrected chi connectivity index (χ2v) is 43.9. The van der Waals surface area contributed by atoms with Gasteiger partial charge in [0.15, 0.2) is 0 Å². The summed E-state index contributed by atoms with van der Waals surface area (Å²) in [7, 11) is -4.40. The van der Waals surface area contributed by atoms with Gasteiger partial charge in [0, 0.05) is 0 Å². The van der Waals surface area contributed by atoms with Gasteiger partial charge in [-0.25, -0.2) is 4.57 Å². The van der Waals surface area contributed by atoms with E-state index in [1.165, 1.54) is 43.3 Å². The Morgan fingerprint density at radius 1 is 0.769 bits per heavy atom. The first-order chi connectivity index (χ1) is 10.9. The van der Waals surface area contributed by atoms with E-state index in [-0.39, 0.29) is 59.3 Å². The molecule has 10 saturated heterocycles. The number of phosphoric acid groups is 1. The third kappa shape index (κ3) is 0.323. The Morgan fingerprint density at radius 3 is 1.15 bits per heavy atom. The summed E-state index contributed by atoms with van der Waals surface area (Å²) in [5, 5.41) is 1.23. The Balaban J connectivity index is 0.000000184. The second kappa shape index (κ2) is 1.91. The van der Waals surface area contributed by atoms with Crippen LogP contribution >= 0.6 is 15.7 Å². The molecule has 146 valence electrons. The van der Waals surface area contributed by atoms with E-state index in [0.717, 1.165) is 4.05 Å². The molecule has 0 radical (unpaired) electrons. The van der Waals surface area contributed by atoms with Crippen molar-refractivity contribution in [3.05, 3.63) is 0 Å². The van der Waals surface area contributed by atoms with Crippen molar-refractivity contribution in [1.29, 1.82) is 0 Å². The molecule has 4 atom stereocenters. The maximum atomic E-state index is 8.88. The van der Waals surface area contributed by atoms with Crippen LogP contribution in [0, 0.1) is 0 Å². The number of hydrogen-bond acceptors (Lipinski definition) is 1. The van der Waals surface area contributed by atoms with Crippen molar-refractivity contribution in [2.45, 2.75) is 99.3 Å². The standard InChI is InChI=1S/C13H22P.C5H5.Fe.K.H3O4P.H/c1-12(2,3)14(13(4,5)6)11-9-7-8-10-11;1-2-4-5-3-1;;;1-5(2,3)4;/h7-10H,1-6H3;1-5H;;;(H3,1,2,3,4);. The molecule has 4 unspecified atom stereocenters. The first-order valence-corrected chi connectivity index (χ1v) is 18.9. The molecule has 0 bridgehead atoms. The minimum atomic E-state index is -4.64. The maximum absolute atomic E-state index is 8.88. The van der Waals surface area contributed by atoms with Crippen LogP contribution < -0.4 is 0 Å². The van der Waals surface area contributed by atoms with Gasteiger partial charge in [-0.05, 0) is 0 Å². The van der Waals surface area contributed by atoms with E-state index < -0.39 is 14.3 Å². The van der Waals surface area contributed by atoms with Crippen LogP contribution in [0.1, 0.15) is 41.5 Å². The summed E-state index contributed by atoms with van der Waals surface area (Å²) in [6.45, 7) is 12.9. The van der Waals surface area contributed by atoms with E-state index in [1.807, 2.05) is 0 Å². The molecule has 10 fully saturated rings. The van der Waals surface area contributed by atoms with Crippen LogP contribution in [0.3, 0.4) is 0 Å². The molecule has 0 amide bonds. The molecule has 8 heteroatoms. The average Bonchev–Trinajstić information content (AvgIpc) is 3.28. The van der Waals surface area contributed by atoms with Gasteiger partial charge in [-0.15, -0.1) is 0 Å². The van der Waals surface area contributed by atoms with Gasteiger partial charge in [0.2, 0.25) is 0 Å². The van der Waals surface area contributed by atoms with E-state index in [4.69, 9.17) is 19.2 Å². The second-order valence-electron chi connectivity index (χ2n) is 14.8. The predicted octanol–water partition coefficient (Wildman–Crippen LogP) is 4.79. The van der Waals surface area contributed by atoms with E-state index in [1.54, 1.807) is 0 Å². The van der Waals surface area contributed by atoms with Crippen molar-refractivity contribution in [3.8, 4) is 0 Å². The quantitative estimate of drug-likeness (QED) is 0.382. The molecule has 0 aliphatic carbocycles. The summed E-state index contributed by atoms with van der Waals surface area (Å²) in [4.78, 5) is 35.1. The van der Waals surface area contributed by atoms with Gasteiger partial charge in [-0.2, -0.15) is 0 Å². The molecule has 1 spiro atoms. The van der Waals surface area contributed by atoms with Crippen LogP contribution in [0.25, 0.3) is 0 Å². The third-order valence-corrected chi connectivity index (χ3v) is 66.7. The van der Waals surface area contributed by atoms with Crippen LogP contribution in [-0.4, -0.2) is 80.4 Å². The summed E-state index contributed by atoms with van der Waals surface area (Å²) < 4.78 is 10.0. The summed E-state index contributed by atoms with van der Waals surface area (Å²) in [5.74, 6) is 0. The monoisotopic (exact) mass is 468 g/mol. The van der Waals surface area contributed by atoms with Gasteiger partial charge in [0.1, 0.15) is 0 Å². The topological polar surface area (TPSA) is 77.8 Å². The molecule has 0 aromatic carbocycles. The number of rotatable bonds is 1. The Labute approximate surface area is 189 Å². The van der Waals surface area contributed by atoms with Gasteiger partial charge in [-0.1, -0.05) is 0 Å². The van der Waals surface area contributed by atoms with Gasteiger partial charge >= 0.3 is 173 Å². The van der Waals surface area contributed by atoms with Gasteiger partial charge in [-0.3, -0.25) is 0 Å². The Hall–Kier alpha value is 2.70. The Bertz CT molecular complexity index is 1130. The fourth-order valence-corrected chi connectivity index (χ4v) is 111. The average molecular weight is 468 g/mol. The molecule has 26 heavy (non-hydrogen) atoms. The van der Waals surface area contributed by atoms with Crippen LogP contribution in [-0.2, 0) is 11.1 Å². The summed E-state index contributed by atoms with van der Waals surface area (Å²) >= 11 is 0. The SMILES string of the molecule is CC(C)(C)P(C(C)(C)C)[C]12[CH]3[CH]4[CH]5[CH]1[Fe]45321678[CH]2[CH]1[CH]6[CH]7[CH]28.O=P(O)(O)O.[KH]. The summed E-state index contributed by atoms with van der Waals surface area (Å²) in [6, 6.07) is 0. The van der Waals surface area contributed by atoms with Crippen LogP contribution in [0.4, 0.5) is 0 Å². The Kier molecular flexibility index (Phi) is 1.27. The van der Waals surface area contributed by atoms with E-state index in [0.29, 0.717) is 10.3 Å². The van der Waals surface area contributed by atoms with E-state index in [9.17, 15) is 0 Å². The van der Waals surface area contributed by atoms with Gasteiger partial charge in [0.25, 0.3) is 0 Å². The molecular weight excluding hydrogens is 437 g/mol. The van der Waals surface area contributed by atoms with Crippen molar-refractivity contribution in [2.24, 2.45) is 0 Å². The fraction of sp³-hybridized carbons (Fsp3) is 1.00. The summed E-state index contributed by atoms with van der Waals surface area (Å²) in [5.41, 5.74) is 0.